The van der Waals surface area contributed by atoms with Crippen molar-refractivity contribution in [1.29, 1.82) is 0 Å². The second kappa shape index (κ2) is 10.5. The maximum atomic E-state index is 5.76. The van der Waals surface area contributed by atoms with E-state index in [2.05, 4.69) is 40.7 Å². The number of aromatic nitrogens is 1. The first-order chi connectivity index (χ1) is 9.46. The Labute approximate surface area is 154 Å². The Morgan fingerprint density at radius 3 is 2.62 bits per heavy atom. The highest BCUT2D eigenvalue weighted by atomic mass is 127. The molecule has 0 radical (unpaired) electrons. The van der Waals surface area contributed by atoms with Gasteiger partial charge in [0.05, 0.1) is 0 Å². The summed E-state index contributed by atoms with van der Waals surface area (Å²) in [6.45, 7) is 6.09. The third kappa shape index (κ3) is 8.73. The predicted molar refractivity (Wildman–Crippen MR) is 105 cm³/mol. The molecule has 21 heavy (non-hydrogen) atoms. The van der Waals surface area contributed by atoms with Crippen LogP contribution in [0.4, 0.5) is 0 Å². The van der Waals surface area contributed by atoms with E-state index in [-0.39, 0.29) is 28.7 Å². The lowest BCUT2D eigenvalue weighted by atomic mass is 10.2. The molecule has 1 aromatic heterocycles. The lowest BCUT2D eigenvalue weighted by Crippen LogP contribution is -2.43. The van der Waals surface area contributed by atoms with Crippen LogP contribution in [0.2, 0.25) is 5.15 Å². The van der Waals surface area contributed by atoms with Crippen LogP contribution in [-0.4, -0.2) is 42.1 Å². The molecule has 0 aliphatic carbocycles. The molecule has 1 aromatic rings. The van der Waals surface area contributed by atoms with E-state index in [1.165, 1.54) is 0 Å². The number of thioether (sulfide) groups is 1. The van der Waals surface area contributed by atoms with E-state index in [0.717, 1.165) is 31.0 Å². The Balaban J connectivity index is 0.00000400. The van der Waals surface area contributed by atoms with Gasteiger partial charge in [0.1, 0.15) is 5.15 Å². The van der Waals surface area contributed by atoms with E-state index in [1.807, 2.05) is 23.9 Å². The summed E-state index contributed by atoms with van der Waals surface area (Å²) in [4.78, 5) is 8.28. The first-order valence-corrected chi connectivity index (χ1v) is 8.17. The van der Waals surface area contributed by atoms with Crippen molar-refractivity contribution >= 4 is 53.3 Å². The van der Waals surface area contributed by atoms with Gasteiger partial charge in [-0.1, -0.05) is 17.7 Å². The van der Waals surface area contributed by atoms with Gasteiger partial charge in [-0.25, -0.2) is 4.98 Å². The van der Waals surface area contributed by atoms with Crippen molar-refractivity contribution in [3.63, 3.8) is 0 Å². The van der Waals surface area contributed by atoms with Crippen LogP contribution in [0.1, 0.15) is 19.4 Å². The van der Waals surface area contributed by atoms with Crippen molar-refractivity contribution in [2.75, 3.05) is 26.4 Å². The Morgan fingerprint density at radius 1 is 1.38 bits per heavy atom. The van der Waals surface area contributed by atoms with Gasteiger partial charge in [0, 0.05) is 31.1 Å². The molecule has 1 heterocycles. The lowest BCUT2D eigenvalue weighted by Gasteiger charge is -2.23. The smallest absolute Gasteiger partial charge is 0.191 e. The van der Waals surface area contributed by atoms with Gasteiger partial charge in [0.15, 0.2) is 5.96 Å². The molecule has 120 valence electrons. The molecular formula is C14H24ClIN4S. The van der Waals surface area contributed by atoms with E-state index in [4.69, 9.17) is 11.6 Å². The van der Waals surface area contributed by atoms with Crippen LogP contribution in [-0.2, 0) is 6.42 Å². The third-order valence-corrected chi connectivity index (χ3v) is 4.43. The van der Waals surface area contributed by atoms with Crippen molar-refractivity contribution in [2.45, 2.75) is 25.0 Å². The third-order valence-electron chi connectivity index (χ3n) is 2.95. The molecule has 1 rings (SSSR count). The van der Waals surface area contributed by atoms with Crippen molar-refractivity contribution < 1.29 is 0 Å². The second-order valence-corrected chi connectivity index (χ2v) is 6.96. The molecule has 0 saturated heterocycles. The minimum absolute atomic E-state index is 0. The molecule has 2 N–H and O–H groups in total. The zero-order chi connectivity index (χ0) is 15.0. The fraction of sp³-hybridized carbons (Fsp3) is 0.571. The average molecular weight is 443 g/mol. The van der Waals surface area contributed by atoms with Crippen molar-refractivity contribution in [3.05, 3.63) is 29.0 Å². The summed E-state index contributed by atoms with van der Waals surface area (Å²) < 4.78 is 0.192. The van der Waals surface area contributed by atoms with Gasteiger partial charge in [-0.2, -0.15) is 11.8 Å². The average Bonchev–Trinajstić information content (AvgIpc) is 2.44. The number of pyridine rings is 1. The highest BCUT2D eigenvalue weighted by molar-refractivity contribution is 14.0. The molecule has 0 aliphatic heterocycles. The zero-order valence-corrected chi connectivity index (χ0v) is 16.8. The number of nitrogens with one attached hydrogen (secondary N) is 2. The normalized spacial score (nSPS) is 11.8. The molecule has 0 atom stereocenters. The fourth-order valence-corrected chi connectivity index (χ4v) is 1.80. The maximum Gasteiger partial charge on any atom is 0.191 e. The van der Waals surface area contributed by atoms with E-state index < -0.39 is 0 Å². The Bertz CT molecular complexity index is 437. The van der Waals surface area contributed by atoms with Crippen LogP contribution < -0.4 is 10.6 Å². The topological polar surface area (TPSA) is 49.3 Å². The predicted octanol–water partition coefficient (Wildman–Crippen LogP) is 3.20. The van der Waals surface area contributed by atoms with Crippen LogP contribution in [0.3, 0.4) is 0 Å². The molecule has 0 saturated carbocycles. The molecule has 0 aliphatic rings. The Hall–Kier alpha value is -0.210. The highest BCUT2D eigenvalue weighted by Crippen LogP contribution is 2.19. The molecule has 0 aromatic carbocycles. The number of guanidine groups is 1. The SMILES string of the molecule is CN=C(NCCc1ccc(Cl)nc1)NCC(C)(C)SC.I. The first kappa shape index (κ1) is 20.8. The Morgan fingerprint density at radius 2 is 2.10 bits per heavy atom. The van der Waals surface area contributed by atoms with Crippen molar-refractivity contribution in [2.24, 2.45) is 4.99 Å². The highest BCUT2D eigenvalue weighted by Gasteiger charge is 2.15. The zero-order valence-electron chi connectivity index (χ0n) is 12.9. The number of hydrogen-bond acceptors (Lipinski definition) is 3. The Kier molecular flexibility index (Phi) is 10.4. The quantitative estimate of drug-likeness (QED) is 0.307. The minimum atomic E-state index is 0. The standard InChI is InChI=1S/C14H23ClN4S.HI/c1-14(2,20-4)10-19-13(16-3)17-8-7-11-5-6-12(15)18-9-11;/h5-6,9H,7-8,10H2,1-4H3,(H2,16,17,19);1H. The van der Waals surface area contributed by atoms with Crippen LogP contribution in [0, 0.1) is 0 Å². The summed E-state index contributed by atoms with van der Waals surface area (Å²) >= 11 is 7.59. The van der Waals surface area contributed by atoms with Gasteiger partial charge in [-0.15, -0.1) is 24.0 Å². The number of aliphatic imine (C=N–C) groups is 1. The van der Waals surface area contributed by atoms with Gasteiger partial charge in [-0.3, -0.25) is 4.99 Å². The molecule has 0 bridgehead atoms. The number of halogens is 2. The second-order valence-electron chi connectivity index (χ2n) is 5.06. The number of nitrogens with zero attached hydrogens (tertiary/aromatic N) is 2. The van der Waals surface area contributed by atoms with Crippen LogP contribution in [0.15, 0.2) is 23.3 Å². The molecule has 0 fully saturated rings. The molecule has 7 heteroatoms. The number of hydrogen-bond donors (Lipinski definition) is 2. The van der Waals surface area contributed by atoms with Crippen LogP contribution >= 0.6 is 47.3 Å². The summed E-state index contributed by atoms with van der Waals surface area (Å²) in [6.07, 6.45) is 4.80. The minimum Gasteiger partial charge on any atom is -0.356 e. The maximum absolute atomic E-state index is 5.76. The largest absolute Gasteiger partial charge is 0.356 e. The number of rotatable bonds is 6. The summed E-state index contributed by atoms with van der Waals surface area (Å²) in [6, 6.07) is 3.80. The van der Waals surface area contributed by atoms with Crippen molar-refractivity contribution in [1.82, 2.24) is 15.6 Å². The first-order valence-electron chi connectivity index (χ1n) is 6.57. The van der Waals surface area contributed by atoms with E-state index in [9.17, 15) is 0 Å². The van der Waals surface area contributed by atoms with Crippen LogP contribution in [0.25, 0.3) is 0 Å². The van der Waals surface area contributed by atoms with Gasteiger partial charge >= 0.3 is 0 Å². The summed E-state index contributed by atoms with van der Waals surface area (Å²) in [5, 5.41) is 7.16. The molecule has 0 amide bonds. The molecule has 0 spiro atoms. The molecule has 0 unspecified atom stereocenters. The fourth-order valence-electron chi connectivity index (χ4n) is 1.47. The van der Waals surface area contributed by atoms with E-state index in [0.29, 0.717) is 5.15 Å². The van der Waals surface area contributed by atoms with Gasteiger partial charge in [-0.05, 0) is 38.2 Å². The molecule has 4 nitrogen and oxygen atoms in total. The summed E-state index contributed by atoms with van der Waals surface area (Å²) in [5.41, 5.74) is 1.15. The van der Waals surface area contributed by atoms with Gasteiger partial charge in [0.2, 0.25) is 0 Å². The van der Waals surface area contributed by atoms with E-state index in [1.54, 1.807) is 13.2 Å². The monoisotopic (exact) mass is 442 g/mol. The molecular weight excluding hydrogens is 419 g/mol. The summed E-state index contributed by atoms with van der Waals surface area (Å²) in [7, 11) is 1.78. The summed E-state index contributed by atoms with van der Waals surface area (Å²) in [5.74, 6) is 0.828. The van der Waals surface area contributed by atoms with Gasteiger partial charge in [0.25, 0.3) is 0 Å². The van der Waals surface area contributed by atoms with Crippen LogP contribution in [0.5, 0.6) is 0 Å². The lowest BCUT2D eigenvalue weighted by molar-refractivity contribution is 0.664. The van der Waals surface area contributed by atoms with Crippen molar-refractivity contribution in [3.8, 4) is 0 Å². The van der Waals surface area contributed by atoms with E-state index >= 15 is 0 Å². The van der Waals surface area contributed by atoms with Gasteiger partial charge < -0.3 is 10.6 Å².